The van der Waals surface area contributed by atoms with E-state index in [1.807, 2.05) is 131 Å². The van der Waals surface area contributed by atoms with E-state index in [-0.39, 0.29) is 68.1 Å². The van der Waals surface area contributed by atoms with Crippen LogP contribution >= 0.6 is 0 Å². The van der Waals surface area contributed by atoms with Crippen LogP contribution in [0.25, 0.3) is 28.2 Å². The zero-order valence-corrected chi connectivity index (χ0v) is 69.9. The maximum Gasteiger partial charge on any atom is 0.410 e. The molecule has 9 heterocycles. The number of esters is 2. The lowest BCUT2D eigenvalue weighted by Gasteiger charge is -2.47. The topological polar surface area (TPSA) is 335 Å². The van der Waals surface area contributed by atoms with Crippen molar-refractivity contribution in [3.05, 3.63) is 85.2 Å². The van der Waals surface area contributed by atoms with Gasteiger partial charge in [0.15, 0.2) is 35.3 Å². The van der Waals surface area contributed by atoms with Crippen molar-refractivity contribution in [2.45, 2.75) is 277 Å². The van der Waals surface area contributed by atoms with Crippen LogP contribution < -0.4 is 5.32 Å². The number of aromatic nitrogens is 4. The van der Waals surface area contributed by atoms with E-state index < -0.39 is 167 Å². The molecule has 28 nitrogen and oxygen atoms in total. The third-order valence-electron chi connectivity index (χ3n) is 24.7. The molecule has 6 saturated heterocycles. The summed E-state index contributed by atoms with van der Waals surface area (Å²) >= 11 is 0. The molecule has 2 unspecified atom stereocenters. The molecule has 113 heavy (non-hydrogen) atoms. The largest absolute Gasteiger partial charge is 0.458 e. The molecule has 3 aromatic heterocycles. The van der Waals surface area contributed by atoms with E-state index in [9.17, 15) is 48.6 Å². The van der Waals surface area contributed by atoms with Crippen molar-refractivity contribution in [2.75, 3.05) is 48.5 Å². The fraction of sp³-hybridized carbons (Fsp3) is 0.682. The Morgan fingerprint density at radius 2 is 1.18 bits per heavy atom. The van der Waals surface area contributed by atoms with Crippen LogP contribution in [0.15, 0.2) is 79.7 Å². The zero-order chi connectivity index (χ0) is 83.1. The number of methoxy groups -OCH3 is 1. The molecule has 0 aliphatic carbocycles. The van der Waals surface area contributed by atoms with Gasteiger partial charge in [-0.2, -0.15) is 0 Å². The molecule has 624 valence electrons. The zero-order valence-electron chi connectivity index (χ0n) is 69.9. The minimum atomic E-state index is -1.40. The highest BCUT2D eigenvalue weighted by molar-refractivity contribution is 6.01. The summed E-state index contributed by atoms with van der Waals surface area (Å²) in [4.78, 5) is 131. The Morgan fingerprint density at radius 1 is 0.637 bits per heavy atom. The van der Waals surface area contributed by atoms with Crippen molar-refractivity contribution in [1.82, 2.24) is 39.5 Å². The van der Waals surface area contributed by atoms with Gasteiger partial charge in [0.25, 0.3) is 0 Å². The van der Waals surface area contributed by atoms with Gasteiger partial charge < -0.3 is 82.2 Å². The summed E-state index contributed by atoms with van der Waals surface area (Å²) < 4.78 is 64.6. The minimum absolute atomic E-state index is 0.0612. The maximum atomic E-state index is 14.7. The molecule has 26 atom stereocenters. The third kappa shape index (κ3) is 19.8. The van der Waals surface area contributed by atoms with Crippen LogP contribution in [-0.4, -0.2) is 248 Å². The van der Waals surface area contributed by atoms with Gasteiger partial charge in [-0.05, 0) is 165 Å². The van der Waals surface area contributed by atoms with Gasteiger partial charge in [-0.1, -0.05) is 85.7 Å². The van der Waals surface area contributed by atoms with Gasteiger partial charge >= 0.3 is 24.1 Å². The number of aryl methyl sites for hydroxylation is 1. The molecular formula is C85H124N8O20. The number of cyclic esters (lactones) is 2. The molecule has 10 rings (SSSR count). The number of Topliss-reactive ketones (excluding diaryl/α,β-unsaturated/α-hetero) is 4. The molecule has 6 fully saturated rings. The second-order valence-corrected chi connectivity index (χ2v) is 33.7. The molecule has 0 spiro atoms. The highest BCUT2D eigenvalue weighted by Crippen LogP contribution is 2.45. The van der Waals surface area contributed by atoms with Gasteiger partial charge in [0.2, 0.25) is 0 Å². The van der Waals surface area contributed by atoms with Crippen LogP contribution in [0.1, 0.15) is 168 Å². The van der Waals surface area contributed by atoms with E-state index in [1.165, 1.54) is 21.0 Å². The second kappa shape index (κ2) is 37.6. The van der Waals surface area contributed by atoms with E-state index >= 15 is 0 Å². The standard InChI is InChI=1S/C43H65N5O10.C42H59N3O10/c1-12-33-43(8)37(48(41(53)58-43)19-14-13-18-47-23-31(45-24-47)30-16-15-17-44-22-30)27(4)34(49)25(2)21-42(7,54-11)38(28(5)35(50)29(6)39(52)56-33)57-40-36(51)32(46(9)10)20-26(3)55-40;1-11-32-42(8)36(44-40(50)55-42)25(4)33(46)23(2)21-41(7,51-18-14-15-28-20-29-16-12-13-17-30(29)43-22-28)37(26(5)34(47)27(6)38(49)53-32)54-39-35(48)31(45(9)10)19-24(3)52-39/h15-17,22-29,32-33,36-38,40,51H,12-14,18-21H2,1-11H3;12-17,20,22-27,31-32,35-37,39,48H,11,18-19,21H2,1-10H3,(H,44,50)/b;15-14+/t25-,26-,27+,28+,29-,32+,33-,36-,37-,38-,40?,42+,43-;23-,24-,25+,26+,27-,31+,32-,35-,36-,37-,39?,41+,42-/m11/s1. The predicted octanol–water partition coefficient (Wildman–Crippen LogP) is 10.0. The third-order valence-corrected chi connectivity index (χ3v) is 24.7. The number of rotatable bonds is 19. The van der Waals surface area contributed by atoms with Crippen molar-refractivity contribution < 1.29 is 95.9 Å². The van der Waals surface area contributed by atoms with Gasteiger partial charge in [-0.25, -0.2) is 14.6 Å². The number of ketones is 4. The lowest BCUT2D eigenvalue weighted by atomic mass is 9.73. The summed E-state index contributed by atoms with van der Waals surface area (Å²) in [6.45, 7) is 28.8. The minimum Gasteiger partial charge on any atom is -0.458 e. The van der Waals surface area contributed by atoms with Crippen LogP contribution in [0.5, 0.6) is 0 Å². The number of unbranched alkanes of at least 4 members (excludes halogenated alkanes) is 1. The van der Waals surface area contributed by atoms with Gasteiger partial charge in [0.1, 0.15) is 47.8 Å². The highest BCUT2D eigenvalue weighted by atomic mass is 16.7. The van der Waals surface area contributed by atoms with Crippen LogP contribution in [0.3, 0.4) is 0 Å². The number of hydrogen-bond donors (Lipinski definition) is 3. The fourth-order valence-corrected chi connectivity index (χ4v) is 18.2. The van der Waals surface area contributed by atoms with Gasteiger partial charge in [-0.15, -0.1) is 0 Å². The number of carbonyl (C=O) groups excluding carboxylic acids is 8. The summed E-state index contributed by atoms with van der Waals surface area (Å²) in [7, 11) is 8.98. The number of benzene rings is 1. The lowest BCUT2D eigenvalue weighted by molar-refractivity contribution is -0.296. The van der Waals surface area contributed by atoms with Crippen LogP contribution in [0, 0.1) is 47.3 Å². The van der Waals surface area contributed by atoms with Crippen LogP contribution in [0.4, 0.5) is 9.59 Å². The predicted molar refractivity (Wildman–Crippen MR) is 420 cm³/mol. The highest BCUT2D eigenvalue weighted by Gasteiger charge is 2.62. The first-order valence-electron chi connectivity index (χ1n) is 40.2. The number of likely N-dealkylation sites (N-methyl/N-ethyl adjacent to an activating group) is 2. The summed E-state index contributed by atoms with van der Waals surface area (Å²) in [6.07, 6.45) is 5.57. The van der Waals surface area contributed by atoms with Crippen molar-refractivity contribution in [1.29, 1.82) is 0 Å². The number of nitrogens with zero attached hydrogens (tertiary/aromatic N) is 7. The summed E-state index contributed by atoms with van der Waals surface area (Å²) in [5, 5.41) is 26.8. The summed E-state index contributed by atoms with van der Waals surface area (Å²) in [5.74, 6) is -10.1. The van der Waals surface area contributed by atoms with E-state index in [4.69, 9.17) is 47.4 Å². The number of pyridine rings is 2. The second-order valence-electron chi connectivity index (χ2n) is 33.7. The number of nitrogens with one attached hydrogen (secondary N) is 1. The molecule has 1 aromatic carbocycles. The first-order chi connectivity index (χ1) is 53.3. The number of aliphatic hydroxyl groups excluding tert-OH is 2. The average Bonchev–Trinajstić information content (AvgIpc) is 1.62. The first-order valence-corrected chi connectivity index (χ1v) is 40.2. The number of aliphatic hydroxyl groups is 2. The SMILES string of the molecule is CC[C@H]1OC(=O)[C@H](C)C(=O)[C@H](C)[C@@H](OC2O[C@H](C)C[C@H](N(C)C)[C@H]2O)[C@@](C)(OC)C[C@@H](C)C(=O)[C@H](C)[C@H]2N(CCCCn3cnc(-c4cccnc4)c3)C(=O)O[C@]12C.CC[C@H]1OC(=O)[C@H](C)C(=O)[C@H](C)[C@@H](OC2O[C@H](C)C[C@H](N(C)C)[C@H]2O)[C@@](C)(OC/C=C/c2cnc3ccccc3c2)C[C@@H](C)C(=O)[C@H](C)[C@H]2NC(=O)O[C@@]21C. The molecule has 6 aliphatic heterocycles. The summed E-state index contributed by atoms with van der Waals surface area (Å²) in [5.41, 5.74) is -1.94. The van der Waals surface area contributed by atoms with E-state index in [1.54, 1.807) is 99.1 Å². The van der Waals surface area contributed by atoms with Gasteiger partial charge in [0, 0.05) is 104 Å². The van der Waals surface area contributed by atoms with Crippen molar-refractivity contribution in [3.63, 3.8) is 0 Å². The van der Waals surface area contributed by atoms with Gasteiger partial charge in [-0.3, -0.25) is 38.7 Å². The molecule has 3 N–H and O–H groups in total. The number of fused-ring (bicyclic) bond motifs is 3. The Bertz CT molecular complexity index is 3990. The quantitative estimate of drug-likeness (QED) is 0.0340. The fourth-order valence-electron chi connectivity index (χ4n) is 18.2. The van der Waals surface area contributed by atoms with Crippen molar-refractivity contribution >= 4 is 64.2 Å². The van der Waals surface area contributed by atoms with Crippen molar-refractivity contribution in [2.24, 2.45) is 47.3 Å². The van der Waals surface area contributed by atoms with Gasteiger partial charge in [0.05, 0.1) is 71.8 Å². The molecule has 2 amide bonds. The monoisotopic (exact) mass is 1580 g/mol. The molecular weight excluding hydrogens is 1450 g/mol. The maximum absolute atomic E-state index is 14.7. The smallest absolute Gasteiger partial charge is 0.410 e. The molecule has 6 aliphatic rings. The normalized spacial score (nSPS) is 37.4. The Labute approximate surface area is 665 Å². The number of para-hydroxylation sites is 1. The van der Waals surface area contributed by atoms with E-state index in [0.717, 1.165) is 27.7 Å². The molecule has 28 heteroatoms. The number of hydrogen-bond acceptors (Lipinski definition) is 25. The number of imidazole rings is 1. The molecule has 0 bridgehead atoms. The Balaban J connectivity index is 0.000000259. The summed E-state index contributed by atoms with van der Waals surface area (Å²) in [6, 6.07) is 11.4. The molecule has 0 radical (unpaired) electrons. The number of ether oxygens (including phenoxy) is 10. The Kier molecular flexibility index (Phi) is 29.8. The van der Waals surface area contributed by atoms with E-state index in [0.29, 0.717) is 38.8 Å². The van der Waals surface area contributed by atoms with Crippen LogP contribution in [-0.2, 0) is 82.7 Å². The average molecular weight is 1580 g/mol. The lowest BCUT2D eigenvalue weighted by Crippen LogP contribution is -2.60. The van der Waals surface area contributed by atoms with Crippen LogP contribution in [0.2, 0.25) is 0 Å². The number of alkyl carbamates (subject to hydrolysis) is 1. The number of amides is 2. The molecule has 0 saturated carbocycles. The number of carbonyl (C=O) groups is 8. The molecule has 4 aromatic rings. The van der Waals surface area contributed by atoms with E-state index in [2.05, 4.69) is 20.3 Å². The Morgan fingerprint density at radius 3 is 1.73 bits per heavy atom. The first kappa shape index (κ1) is 89.4. The Hall–Kier alpha value is -7.51. The van der Waals surface area contributed by atoms with Crippen molar-refractivity contribution in [3.8, 4) is 11.3 Å².